The van der Waals surface area contributed by atoms with Crippen LogP contribution in [0.1, 0.15) is 0 Å². The Balaban J connectivity index is 2.43. The Kier molecular flexibility index (Phi) is 4.74. The molecule has 0 aliphatic rings. The zero-order valence-electron chi connectivity index (χ0n) is 9.06. The van der Waals surface area contributed by atoms with Gasteiger partial charge in [0, 0.05) is 18.8 Å². The van der Waals surface area contributed by atoms with Crippen LogP contribution < -0.4 is 10.5 Å². The fourth-order valence-corrected chi connectivity index (χ4v) is 1.86. The maximum Gasteiger partial charge on any atom is 0.124 e. The maximum absolute atomic E-state index is 11.7. The van der Waals surface area contributed by atoms with E-state index in [0.717, 1.165) is 11.4 Å². The lowest BCUT2D eigenvalue weighted by molar-refractivity contribution is 0.414. The normalized spacial score (nSPS) is 13.0. The molecule has 0 bridgehead atoms. The van der Waals surface area contributed by atoms with Gasteiger partial charge in [0.05, 0.1) is 4.90 Å². The monoisotopic (exact) mass is 227 g/mol. The minimum Gasteiger partial charge on any atom is -0.399 e. The SMILES string of the molecule is CN(C)CCNS(=O)c1ccc(N)cc1. The molecule has 0 saturated heterocycles. The number of nitrogens with zero attached hydrogens (tertiary/aromatic N) is 1. The second-order valence-electron chi connectivity index (χ2n) is 3.54. The summed E-state index contributed by atoms with van der Waals surface area (Å²) in [5.41, 5.74) is 6.22. The van der Waals surface area contributed by atoms with Crippen molar-refractivity contribution in [2.45, 2.75) is 4.90 Å². The molecule has 5 heteroatoms. The molecular formula is C10H17N3OS. The predicted molar refractivity (Wildman–Crippen MR) is 63.8 cm³/mol. The summed E-state index contributed by atoms with van der Waals surface area (Å²) < 4.78 is 14.6. The highest BCUT2D eigenvalue weighted by molar-refractivity contribution is 7.83. The third-order valence-corrected chi connectivity index (χ3v) is 3.05. The summed E-state index contributed by atoms with van der Waals surface area (Å²) in [6.45, 7) is 1.56. The minimum atomic E-state index is -1.14. The van der Waals surface area contributed by atoms with Crippen LogP contribution in [0.5, 0.6) is 0 Å². The molecule has 0 aromatic heterocycles. The smallest absolute Gasteiger partial charge is 0.124 e. The molecule has 1 rings (SSSR count). The van der Waals surface area contributed by atoms with Gasteiger partial charge in [-0.25, -0.2) is 8.93 Å². The highest BCUT2D eigenvalue weighted by Crippen LogP contribution is 2.07. The predicted octanol–water partition coefficient (Wildman–Crippen LogP) is 0.443. The van der Waals surface area contributed by atoms with Crippen LogP contribution >= 0.6 is 0 Å². The minimum absolute atomic E-state index is 0.684. The van der Waals surface area contributed by atoms with Crippen LogP contribution in [0.25, 0.3) is 0 Å². The van der Waals surface area contributed by atoms with E-state index in [1.807, 2.05) is 19.0 Å². The zero-order valence-corrected chi connectivity index (χ0v) is 9.88. The molecule has 84 valence electrons. The van der Waals surface area contributed by atoms with Crippen LogP contribution in [-0.4, -0.2) is 36.3 Å². The van der Waals surface area contributed by atoms with Gasteiger partial charge in [-0.3, -0.25) is 0 Å². The summed E-state index contributed by atoms with van der Waals surface area (Å²) in [7, 11) is 2.82. The molecule has 0 heterocycles. The number of nitrogens with one attached hydrogen (secondary N) is 1. The first-order valence-electron chi connectivity index (χ1n) is 4.75. The number of hydrogen-bond donors (Lipinski definition) is 2. The Hall–Kier alpha value is -0.910. The molecule has 0 aliphatic carbocycles. The van der Waals surface area contributed by atoms with Gasteiger partial charge >= 0.3 is 0 Å². The molecule has 1 unspecified atom stereocenters. The molecule has 0 radical (unpaired) electrons. The van der Waals surface area contributed by atoms with Crippen molar-refractivity contribution in [2.24, 2.45) is 0 Å². The molecule has 4 nitrogen and oxygen atoms in total. The summed E-state index contributed by atoms with van der Waals surface area (Å²) in [4.78, 5) is 2.79. The van der Waals surface area contributed by atoms with E-state index in [9.17, 15) is 4.21 Å². The van der Waals surface area contributed by atoms with Gasteiger partial charge in [0.1, 0.15) is 11.0 Å². The Labute approximate surface area is 93.1 Å². The van der Waals surface area contributed by atoms with Crippen LogP contribution in [0.4, 0.5) is 5.69 Å². The zero-order chi connectivity index (χ0) is 11.3. The average Bonchev–Trinajstić information content (AvgIpc) is 2.18. The largest absolute Gasteiger partial charge is 0.399 e. The van der Waals surface area contributed by atoms with Crippen LogP contribution in [0.2, 0.25) is 0 Å². The van der Waals surface area contributed by atoms with E-state index in [2.05, 4.69) is 4.72 Å². The molecule has 15 heavy (non-hydrogen) atoms. The third kappa shape index (κ3) is 4.42. The van der Waals surface area contributed by atoms with Crippen LogP contribution in [0, 0.1) is 0 Å². The highest BCUT2D eigenvalue weighted by atomic mass is 32.2. The number of nitrogens with two attached hydrogens (primary N) is 1. The van der Waals surface area contributed by atoms with Crippen molar-refractivity contribution in [1.29, 1.82) is 0 Å². The molecule has 0 saturated carbocycles. The van der Waals surface area contributed by atoms with Crippen molar-refractivity contribution < 1.29 is 4.21 Å². The van der Waals surface area contributed by atoms with Gasteiger partial charge in [-0.2, -0.15) is 0 Å². The van der Waals surface area contributed by atoms with Crippen molar-refractivity contribution in [3.8, 4) is 0 Å². The second kappa shape index (κ2) is 5.85. The van der Waals surface area contributed by atoms with Gasteiger partial charge in [-0.15, -0.1) is 0 Å². The molecule has 0 spiro atoms. The molecule has 0 aliphatic heterocycles. The van der Waals surface area contributed by atoms with Crippen LogP contribution in [-0.2, 0) is 11.0 Å². The molecule has 3 N–H and O–H groups in total. The third-order valence-electron chi connectivity index (χ3n) is 1.89. The summed E-state index contributed by atoms with van der Waals surface area (Å²) in [6, 6.07) is 7.05. The quantitative estimate of drug-likeness (QED) is 0.718. The van der Waals surface area contributed by atoms with Gasteiger partial charge in [0.25, 0.3) is 0 Å². The molecular weight excluding hydrogens is 210 g/mol. The molecule has 0 amide bonds. The lowest BCUT2D eigenvalue weighted by Gasteiger charge is -2.09. The molecule has 1 aromatic carbocycles. The number of rotatable bonds is 5. The Bertz CT molecular complexity index is 324. The first-order valence-corrected chi connectivity index (χ1v) is 5.90. The second-order valence-corrected chi connectivity index (χ2v) is 4.83. The molecule has 0 fully saturated rings. The maximum atomic E-state index is 11.7. The number of nitrogen functional groups attached to an aromatic ring is 1. The van der Waals surface area contributed by atoms with E-state index in [4.69, 9.17) is 5.73 Å². The summed E-state index contributed by atoms with van der Waals surface area (Å²) >= 11 is 0. The summed E-state index contributed by atoms with van der Waals surface area (Å²) in [5, 5.41) is 0. The molecule has 1 aromatic rings. The van der Waals surface area contributed by atoms with E-state index in [-0.39, 0.29) is 0 Å². The fraction of sp³-hybridized carbons (Fsp3) is 0.400. The first kappa shape index (κ1) is 12.2. The van der Waals surface area contributed by atoms with Gasteiger partial charge in [-0.1, -0.05) is 0 Å². The average molecular weight is 227 g/mol. The van der Waals surface area contributed by atoms with Gasteiger partial charge in [0.15, 0.2) is 0 Å². The van der Waals surface area contributed by atoms with Crippen molar-refractivity contribution in [1.82, 2.24) is 9.62 Å². The van der Waals surface area contributed by atoms with Gasteiger partial charge in [-0.05, 0) is 38.4 Å². The lowest BCUT2D eigenvalue weighted by atomic mass is 10.3. The van der Waals surface area contributed by atoms with E-state index in [1.54, 1.807) is 24.3 Å². The summed E-state index contributed by atoms with van der Waals surface area (Å²) in [5.74, 6) is 0. The van der Waals surface area contributed by atoms with E-state index >= 15 is 0 Å². The van der Waals surface area contributed by atoms with Crippen molar-refractivity contribution in [3.05, 3.63) is 24.3 Å². The van der Waals surface area contributed by atoms with Crippen molar-refractivity contribution in [2.75, 3.05) is 32.9 Å². The number of likely N-dealkylation sites (N-methyl/N-ethyl adjacent to an activating group) is 1. The van der Waals surface area contributed by atoms with Gasteiger partial charge in [0.2, 0.25) is 0 Å². The van der Waals surface area contributed by atoms with Crippen molar-refractivity contribution in [3.63, 3.8) is 0 Å². The van der Waals surface area contributed by atoms with Gasteiger partial charge < -0.3 is 10.6 Å². The standard InChI is InChI=1S/C10H17N3OS/c1-13(2)8-7-12-15(14)10-5-3-9(11)4-6-10/h3-6,12H,7-8,11H2,1-2H3. The van der Waals surface area contributed by atoms with Crippen LogP contribution in [0.3, 0.4) is 0 Å². The fourth-order valence-electron chi connectivity index (χ4n) is 1.04. The Morgan fingerprint density at radius 3 is 2.47 bits per heavy atom. The lowest BCUT2D eigenvalue weighted by Crippen LogP contribution is -2.27. The van der Waals surface area contributed by atoms with E-state index in [0.29, 0.717) is 12.2 Å². The Morgan fingerprint density at radius 1 is 1.33 bits per heavy atom. The van der Waals surface area contributed by atoms with Crippen molar-refractivity contribution >= 4 is 16.7 Å². The number of hydrogen-bond acceptors (Lipinski definition) is 3. The highest BCUT2D eigenvalue weighted by Gasteiger charge is 2.02. The van der Waals surface area contributed by atoms with Crippen LogP contribution in [0.15, 0.2) is 29.2 Å². The molecule has 1 atom stereocenters. The first-order chi connectivity index (χ1) is 7.09. The summed E-state index contributed by atoms with van der Waals surface area (Å²) in [6.07, 6.45) is 0. The topological polar surface area (TPSA) is 58.4 Å². The Morgan fingerprint density at radius 2 is 1.93 bits per heavy atom. The van der Waals surface area contributed by atoms with E-state index < -0.39 is 11.0 Å². The number of benzene rings is 1. The number of anilines is 1. The van der Waals surface area contributed by atoms with E-state index in [1.165, 1.54) is 0 Å².